The Kier molecular flexibility index (Phi) is 4.17. The summed E-state index contributed by atoms with van der Waals surface area (Å²) in [4.78, 5) is 16.1. The van der Waals surface area contributed by atoms with E-state index in [1.165, 1.54) is 38.8 Å². The number of nitrogens with zero attached hydrogens (tertiary/aromatic N) is 3. The number of H-pyrrole nitrogens is 2. The lowest BCUT2D eigenvalue weighted by Gasteiger charge is -2.34. The predicted octanol–water partition coefficient (Wildman–Crippen LogP) is 4.29. The molecule has 28 heavy (non-hydrogen) atoms. The molecule has 0 amide bonds. The summed E-state index contributed by atoms with van der Waals surface area (Å²) in [7, 11) is 2.18. The average Bonchev–Trinajstić information content (AvgIpc) is 3.36. The monoisotopic (exact) mass is 371 g/mol. The van der Waals surface area contributed by atoms with Crippen LogP contribution in [-0.4, -0.2) is 53.1 Å². The lowest BCUT2D eigenvalue weighted by Crippen LogP contribution is -2.44. The summed E-state index contributed by atoms with van der Waals surface area (Å²) in [5.41, 5.74) is 8.43. The van der Waals surface area contributed by atoms with Crippen molar-refractivity contribution in [3.05, 3.63) is 60.8 Å². The summed E-state index contributed by atoms with van der Waals surface area (Å²) in [6.07, 6.45) is 10.2. The lowest BCUT2D eigenvalue weighted by molar-refractivity contribution is 0.313. The molecule has 0 saturated carbocycles. The van der Waals surface area contributed by atoms with Crippen LogP contribution in [0.4, 0.5) is 5.69 Å². The number of hydrogen-bond donors (Lipinski definition) is 2. The lowest BCUT2D eigenvalue weighted by atomic mass is 9.99. The zero-order valence-electron chi connectivity index (χ0n) is 16.4. The van der Waals surface area contributed by atoms with Gasteiger partial charge in [-0.1, -0.05) is 18.2 Å². The van der Waals surface area contributed by atoms with Gasteiger partial charge in [0, 0.05) is 84.1 Å². The van der Waals surface area contributed by atoms with Crippen LogP contribution in [0.1, 0.15) is 5.56 Å². The summed E-state index contributed by atoms with van der Waals surface area (Å²) in [5, 5.41) is 1.25. The van der Waals surface area contributed by atoms with Gasteiger partial charge in [0.2, 0.25) is 0 Å². The number of benzene rings is 1. The molecule has 0 unspecified atom stereocenters. The van der Waals surface area contributed by atoms with Crippen LogP contribution < -0.4 is 4.90 Å². The fourth-order valence-electron chi connectivity index (χ4n) is 4.17. The van der Waals surface area contributed by atoms with Gasteiger partial charge >= 0.3 is 0 Å². The molecular weight excluding hydrogens is 346 g/mol. The topological polar surface area (TPSA) is 51.0 Å². The highest BCUT2D eigenvalue weighted by Gasteiger charge is 2.17. The summed E-state index contributed by atoms with van der Waals surface area (Å²) < 4.78 is 0. The Hall–Kier alpha value is -3.05. The highest BCUT2D eigenvalue weighted by molar-refractivity contribution is 6.00. The van der Waals surface area contributed by atoms with E-state index in [0.717, 1.165) is 31.7 Å². The van der Waals surface area contributed by atoms with Gasteiger partial charge in [0.1, 0.15) is 0 Å². The van der Waals surface area contributed by atoms with Crippen molar-refractivity contribution in [2.45, 2.75) is 6.92 Å². The fourth-order valence-corrected chi connectivity index (χ4v) is 4.17. The third-order valence-corrected chi connectivity index (χ3v) is 5.86. The molecule has 142 valence electrons. The molecule has 2 N–H and O–H groups in total. The van der Waals surface area contributed by atoms with Crippen molar-refractivity contribution < 1.29 is 0 Å². The molecule has 1 aliphatic rings. The number of pyridine rings is 1. The molecule has 0 radical (unpaired) electrons. The van der Waals surface area contributed by atoms with Gasteiger partial charge in [0.15, 0.2) is 0 Å². The maximum atomic E-state index is 4.56. The molecular formula is C23H25N5. The van der Waals surface area contributed by atoms with E-state index in [0.29, 0.717) is 0 Å². The number of hydrogen-bond acceptors (Lipinski definition) is 3. The van der Waals surface area contributed by atoms with Crippen LogP contribution in [0.2, 0.25) is 0 Å². The number of rotatable bonds is 3. The van der Waals surface area contributed by atoms with Gasteiger partial charge in [0.25, 0.3) is 0 Å². The Balaban J connectivity index is 1.54. The highest BCUT2D eigenvalue weighted by atomic mass is 15.2. The standard InChI is InChI=1S/C23H25N5/c1-16-4-3-5-19-22(15-26-23(16)19)21-14-25-13-20(21)17-10-18(12-24-11-17)28-8-6-27(2)7-9-28/h3-5,10-15,25-26H,6-9H2,1-2H3. The molecule has 0 atom stereocenters. The van der Waals surface area contributed by atoms with Crippen molar-refractivity contribution in [2.75, 3.05) is 38.1 Å². The Bertz CT molecular complexity index is 1110. The number of aromatic amines is 2. The number of likely N-dealkylation sites (N-methyl/N-ethyl adjacent to an activating group) is 1. The van der Waals surface area contributed by atoms with E-state index in [4.69, 9.17) is 0 Å². The van der Waals surface area contributed by atoms with Crippen molar-refractivity contribution in [2.24, 2.45) is 0 Å². The van der Waals surface area contributed by atoms with Gasteiger partial charge in [-0.3, -0.25) is 4.98 Å². The maximum Gasteiger partial charge on any atom is 0.0559 e. The second kappa shape index (κ2) is 6.84. The van der Waals surface area contributed by atoms with Gasteiger partial charge in [-0.2, -0.15) is 0 Å². The van der Waals surface area contributed by atoms with Crippen molar-refractivity contribution in [1.82, 2.24) is 19.9 Å². The minimum Gasteiger partial charge on any atom is -0.368 e. The number of para-hydroxylation sites is 1. The van der Waals surface area contributed by atoms with Crippen LogP contribution in [0.5, 0.6) is 0 Å². The van der Waals surface area contributed by atoms with Gasteiger partial charge < -0.3 is 19.8 Å². The number of anilines is 1. The number of fused-ring (bicyclic) bond motifs is 1. The van der Waals surface area contributed by atoms with Crippen molar-refractivity contribution in [3.63, 3.8) is 0 Å². The second-order valence-corrected chi connectivity index (χ2v) is 7.70. The summed E-state index contributed by atoms with van der Waals surface area (Å²) in [5.74, 6) is 0. The molecule has 1 fully saturated rings. The van der Waals surface area contributed by atoms with Crippen LogP contribution in [0.25, 0.3) is 33.2 Å². The molecule has 5 nitrogen and oxygen atoms in total. The van der Waals surface area contributed by atoms with E-state index in [1.807, 2.05) is 12.4 Å². The van der Waals surface area contributed by atoms with Crippen LogP contribution >= 0.6 is 0 Å². The second-order valence-electron chi connectivity index (χ2n) is 7.70. The first-order chi connectivity index (χ1) is 13.7. The Morgan fingerprint density at radius 3 is 2.61 bits per heavy atom. The molecule has 1 aromatic carbocycles. The summed E-state index contributed by atoms with van der Waals surface area (Å²) in [6.45, 7) is 6.42. The predicted molar refractivity (Wildman–Crippen MR) is 116 cm³/mol. The average molecular weight is 371 g/mol. The quantitative estimate of drug-likeness (QED) is 0.565. The molecule has 5 rings (SSSR count). The van der Waals surface area contributed by atoms with Gasteiger partial charge in [-0.25, -0.2) is 0 Å². The molecule has 0 aliphatic carbocycles. The molecule has 0 spiro atoms. The SMILES string of the molecule is Cc1cccc2c(-c3c[nH]cc3-c3cncc(N4CCN(C)CC4)c3)c[nH]c12. The molecule has 5 heteroatoms. The zero-order chi connectivity index (χ0) is 19.1. The highest BCUT2D eigenvalue weighted by Crippen LogP contribution is 2.37. The van der Waals surface area contributed by atoms with Crippen molar-refractivity contribution in [3.8, 4) is 22.3 Å². The Morgan fingerprint density at radius 1 is 0.929 bits per heavy atom. The first-order valence-corrected chi connectivity index (χ1v) is 9.83. The Labute approximate surface area is 165 Å². The van der Waals surface area contributed by atoms with Gasteiger partial charge in [-0.05, 0) is 25.6 Å². The van der Waals surface area contributed by atoms with Crippen LogP contribution in [-0.2, 0) is 0 Å². The third-order valence-electron chi connectivity index (χ3n) is 5.86. The zero-order valence-corrected chi connectivity index (χ0v) is 16.4. The smallest absolute Gasteiger partial charge is 0.0559 e. The van der Waals surface area contributed by atoms with Crippen molar-refractivity contribution in [1.29, 1.82) is 0 Å². The van der Waals surface area contributed by atoms with E-state index in [1.54, 1.807) is 0 Å². The van der Waals surface area contributed by atoms with E-state index >= 15 is 0 Å². The first kappa shape index (κ1) is 17.1. The normalized spacial score (nSPS) is 15.4. The van der Waals surface area contributed by atoms with Crippen molar-refractivity contribution >= 4 is 16.6 Å². The largest absolute Gasteiger partial charge is 0.368 e. The van der Waals surface area contributed by atoms with E-state index in [-0.39, 0.29) is 0 Å². The molecule has 3 aromatic heterocycles. The molecule has 0 bridgehead atoms. The number of piperazine rings is 1. The van der Waals surface area contributed by atoms with E-state index < -0.39 is 0 Å². The maximum absolute atomic E-state index is 4.56. The number of nitrogens with one attached hydrogen (secondary N) is 2. The molecule has 1 aliphatic heterocycles. The summed E-state index contributed by atoms with van der Waals surface area (Å²) >= 11 is 0. The van der Waals surface area contributed by atoms with Gasteiger partial charge in [-0.15, -0.1) is 0 Å². The molecule has 1 saturated heterocycles. The van der Waals surface area contributed by atoms with Gasteiger partial charge in [0.05, 0.1) is 11.9 Å². The Morgan fingerprint density at radius 2 is 1.75 bits per heavy atom. The summed E-state index contributed by atoms with van der Waals surface area (Å²) in [6, 6.07) is 8.72. The van der Waals surface area contributed by atoms with Crippen LogP contribution in [0, 0.1) is 6.92 Å². The van der Waals surface area contributed by atoms with Crippen LogP contribution in [0.15, 0.2) is 55.2 Å². The minimum absolute atomic E-state index is 1.04. The number of aryl methyl sites for hydroxylation is 1. The van der Waals surface area contributed by atoms with Crippen LogP contribution in [0.3, 0.4) is 0 Å². The number of aromatic nitrogens is 3. The minimum atomic E-state index is 1.04. The molecule has 4 aromatic rings. The molecule has 4 heterocycles. The van der Waals surface area contributed by atoms with E-state index in [9.17, 15) is 0 Å². The first-order valence-electron chi connectivity index (χ1n) is 9.83. The third kappa shape index (κ3) is 2.88. The fraction of sp³-hybridized carbons (Fsp3) is 0.261. The van der Waals surface area contributed by atoms with E-state index in [2.05, 4.69) is 81.6 Å².